The number of carbonyl (C=O) groups is 1. The van der Waals surface area contributed by atoms with Crippen molar-refractivity contribution in [2.45, 2.75) is 32.6 Å². The number of rotatable bonds is 4. The molecule has 0 radical (unpaired) electrons. The molecule has 1 aliphatic rings. The number of carbonyl (C=O) groups excluding carboxylic acids is 1. The summed E-state index contributed by atoms with van der Waals surface area (Å²) in [5, 5.41) is 0. The summed E-state index contributed by atoms with van der Waals surface area (Å²) in [6.45, 7) is 3.11. The van der Waals surface area contributed by atoms with Gasteiger partial charge in [-0.05, 0) is 26.9 Å². The van der Waals surface area contributed by atoms with Crippen molar-refractivity contribution in [2.24, 2.45) is 5.41 Å². The minimum absolute atomic E-state index is 0.157. The van der Waals surface area contributed by atoms with Crippen LogP contribution in [0.5, 0.6) is 0 Å². The van der Waals surface area contributed by atoms with Crippen LogP contribution in [0.2, 0.25) is 0 Å². The molecule has 0 spiro atoms. The van der Waals surface area contributed by atoms with Gasteiger partial charge in [0, 0.05) is 18.9 Å². The average molecular weight is 199 g/mol. The van der Waals surface area contributed by atoms with Crippen LogP contribution in [-0.4, -0.2) is 38.1 Å². The van der Waals surface area contributed by atoms with Gasteiger partial charge in [0.25, 0.3) is 0 Å². The molecule has 1 saturated carbocycles. The van der Waals surface area contributed by atoms with Gasteiger partial charge in [0.1, 0.15) is 0 Å². The Balaban J connectivity index is 2.48. The highest BCUT2D eigenvalue weighted by atomic mass is 16.5. The van der Waals surface area contributed by atoms with Crippen molar-refractivity contribution in [1.29, 1.82) is 0 Å². The maximum absolute atomic E-state index is 10.8. The van der Waals surface area contributed by atoms with Crippen LogP contribution in [-0.2, 0) is 9.53 Å². The first kappa shape index (κ1) is 11.5. The lowest BCUT2D eigenvalue weighted by Crippen LogP contribution is -2.36. The second kappa shape index (κ2) is 4.78. The molecule has 0 aromatic heterocycles. The van der Waals surface area contributed by atoms with E-state index >= 15 is 0 Å². The van der Waals surface area contributed by atoms with Crippen LogP contribution in [0.25, 0.3) is 0 Å². The zero-order chi connectivity index (χ0) is 10.6. The molecule has 1 rings (SSSR count). The third-order valence-electron chi connectivity index (χ3n) is 2.90. The van der Waals surface area contributed by atoms with E-state index in [9.17, 15) is 4.79 Å². The standard InChI is InChI=1S/C11H21NO2/c1-10(13)14-9-11(8-12(2)3)6-4-5-7-11/h4-9H2,1-3H3. The Kier molecular flexibility index (Phi) is 3.93. The van der Waals surface area contributed by atoms with Crippen molar-refractivity contribution in [3.05, 3.63) is 0 Å². The molecule has 0 unspecified atom stereocenters. The molecule has 0 aromatic carbocycles. The van der Waals surface area contributed by atoms with Gasteiger partial charge in [-0.2, -0.15) is 0 Å². The minimum Gasteiger partial charge on any atom is -0.465 e. The second-order valence-electron chi connectivity index (χ2n) is 4.73. The number of hydrogen-bond donors (Lipinski definition) is 0. The van der Waals surface area contributed by atoms with Crippen LogP contribution in [0, 0.1) is 5.41 Å². The highest BCUT2D eigenvalue weighted by molar-refractivity contribution is 5.65. The molecule has 0 aliphatic heterocycles. The third kappa shape index (κ3) is 3.29. The predicted octanol–water partition coefficient (Wildman–Crippen LogP) is 1.67. The van der Waals surface area contributed by atoms with E-state index in [1.807, 2.05) is 0 Å². The smallest absolute Gasteiger partial charge is 0.302 e. The first-order chi connectivity index (χ1) is 6.54. The van der Waals surface area contributed by atoms with Gasteiger partial charge in [0.05, 0.1) is 6.61 Å². The molecule has 0 bridgehead atoms. The molecule has 3 nitrogen and oxygen atoms in total. The molecule has 0 amide bonds. The lowest BCUT2D eigenvalue weighted by Gasteiger charge is -2.31. The summed E-state index contributed by atoms with van der Waals surface area (Å²) in [7, 11) is 4.15. The summed E-state index contributed by atoms with van der Waals surface area (Å²) in [4.78, 5) is 13.0. The van der Waals surface area contributed by atoms with Crippen LogP contribution in [0.4, 0.5) is 0 Å². The van der Waals surface area contributed by atoms with E-state index in [1.54, 1.807) is 0 Å². The number of nitrogens with zero attached hydrogens (tertiary/aromatic N) is 1. The highest BCUT2D eigenvalue weighted by Crippen LogP contribution is 2.38. The van der Waals surface area contributed by atoms with Gasteiger partial charge in [0.2, 0.25) is 0 Å². The predicted molar refractivity (Wildman–Crippen MR) is 56.1 cm³/mol. The fourth-order valence-electron chi connectivity index (χ4n) is 2.40. The van der Waals surface area contributed by atoms with E-state index in [0.717, 1.165) is 6.54 Å². The molecule has 0 atom stereocenters. The monoisotopic (exact) mass is 199 g/mol. The summed E-state index contributed by atoms with van der Waals surface area (Å²) in [5.41, 5.74) is 0.231. The van der Waals surface area contributed by atoms with Crippen molar-refractivity contribution in [1.82, 2.24) is 4.90 Å². The van der Waals surface area contributed by atoms with E-state index in [2.05, 4.69) is 19.0 Å². The normalized spacial score (nSPS) is 20.0. The Morgan fingerprint density at radius 2 is 1.93 bits per heavy atom. The van der Waals surface area contributed by atoms with Gasteiger partial charge in [-0.25, -0.2) is 0 Å². The van der Waals surface area contributed by atoms with Gasteiger partial charge < -0.3 is 9.64 Å². The quantitative estimate of drug-likeness (QED) is 0.645. The summed E-state index contributed by atoms with van der Waals surface area (Å²) in [5.74, 6) is -0.157. The Labute approximate surface area is 86.4 Å². The summed E-state index contributed by atoms with van der Waals surface area (Å²) >= 11 is 0. The Morgan fingerprint density at radius 3 is 2.36 bits per heavy atom. The highest BCUT2D eigenvalue weighted by Gasteiger charge is 2.35. The largest absolute Gasteiger partial charge is 0.465 e. The first-order valence-electron chi connectivity index (χ1n) is 5.32. The lowest BCUT2D eigenvalue weighted by atomic mass is 9.87. The van der Waals surface area contributed by atoms with Crippen molar-refractivity contribution in [3.8, 4) is 0 Å². The van der Waals surface area contributed by atoms with Crippen molar-refractivity contribution in [3.63, 3.8) is 0 Å². The lowest BCUT2D eigenvalue weighted by molar-refractivity contribution is -0.144. The van der Waals surface area contributed by atoms with Gasteiger partial charge in [0.15, 0.2) is 0 Å². The first-order valence-corrected chi connectivity index (χ1v) is 5.32. The number of ether oxygens (including phenoxy) is 1. The fourth-order valence-corrected chi connectivity index (χ4v) is 2.40. The van der Waals surface area contributed by atoms with Crippen LogP contribution >= 0.6 is 0 Å². The molecule has 0 saturated heterocycles. The molecule has 3 heteroatoms. The van der Waals surface area contributed by atoms with Gasteiger partial charge in [-0.15, -0.1) is 0 Å². The SMILES string of the molecule is CC(=O)OCC1(CN(C)C)CCCC1. The van der Waals surface area contributed by atoms with Crippen LogP contribution in [0.1, 0.15) is 32.6 Å². The number of esters is 1. The van der Waals surface area contributed by atoms with Gasteiger partial charge in [-0.1, -0.05) is 12.8 Å². The molecule has 82 valence electrons. The topological polar surface area (TPSA) is 29.5 Å². The van der Waals surface area contributed by atoms with E-state index in [-0.39, 0.29) is 11.4 Å². The maximum Gasteiger partial charge on any atom is 0.302 e. The summed E-state index contributed by atoms with van der Waals surface area (Å²) < 4.78 is 5.16. The minimum atomic E-state index is -0.157. The molecular formula is C11H21NO2. The maximum atomic E-state index is 10.8. The Hall–Kier alpha value is -0.570. The van der Waals surface area contributed by atoms with Crippen LogP contribution in [0.3, 0.4) is 0 Å². The van der Waals surface area contributed by atoms with E-state index in [0.29, 0.717) is 6.61 Å². The summed E-state index contributed by atoms with van der Waals surface area (Å²) in [6, 6.07) is 0. The van der Waals surface area contributed by atoms with E-state index < -0.39 is 0 Å². The van der Waals surface area contributed by atoms with Crippen LogP contribution < -0.4 is 0 Å². The van der Waals surface area contributed by atoms with E-state index in [1.165, 1.54) is 32.6 Å². The molecular weight excluding hydrogens is 178 g/mol. The zero-order valence-electron chi connectivity index (χ0n) is 9.51. The average Bonchev–Trinajstić information content (AvgIpc) is 2.49. The van der Waals surface area contributed by atoms with E-state index in [4.69, 9.17) is 4.74 Å². The fraction of sp³-hybridized carbons (Fsp3) is 0.909. The molecule has 0 heterocycles. The molecule has 1 aliphatic carbocycles. The van der Waals surface area contributed by atoms with Gasteiger partial charge in [-0.3, -0.25) is 4.79 Å². The summed E-state index contributed by atoms with van der Waals surface area (Å²) in [6.07, 6.45) is 4.93. The molecule has 0 aromatic rings. The van der Waals surface area contributed by atoms with Crippen LogP contribution in [0.15, 0.2) is 0 Å². The second-order valence-corrected chi connectivity index (χ2v) is 4.73. The Morgan fingerprint density at radius 1 is 1.36 bits per heavy atom. The van der Waals surface area contributed by atoms with Gasteiger partial charge >= 0.3 is 5.97 Å². The Bertz CT molecular complexity index is 195. The molecule has 1 fully saturated rings. The van der Waals surface area contributed by atoms with Crippen molar-refractivity contribution < 1.29 is 9.53 Å². The molecule has 0 N–H and O–H groups in total. The zero-order valence-corrected chi connectivity index (χ0v) is 9.51. The third-order valence-corrected chi connectivity index (χ3v) is 2.90. The van der Waals surface area contributed by atoms with Crippen molar-refractivity contribution >= 4 is 5.97 Å². The molecule has 14 heavy (non-hydrogen) atoms. The van der Waals surface area contributed by atoms with Crippen molar-refractivity contribution in [2.75, 3.05) is 27.2 Å². The number of hydrogen-bond acceptors (Lipinski definition) is 3.